The molecular formula is C8H8FNO. The number of pyridine rings is 1. The summed E-state index contributed by atoms with van der Waals surface area (Å²) in [4.78, 5) is 3.89. The number of halogens is 1. The fourth-order valence-corrected chi connectivity index (χ4v) is 1.05. The summed E-state index contributed by atoms with van der Waals surface area (Å²) >= 11 is 0. The quantitative estimate of drug-likeness (QED) is 0.573. The molecule has 1 aliphatic rings. The zero-order chi connectivity index (χ0) is 7.84. The molecule has 0 bridgehead atoms. The largest absolute Gasteiger partial charge is 0.363 e. The molecule has 1 fully saturated rings. The van der Waals surface area contributed by atoms with Gasteiger partial charge in [0.05, 0.1) is 18.0 Å². The van der Waals surface area contributed by atoms with Crippen molar-refractivity contribution in [2.75, 3.05) is 0 Å². The maximum atomic E-state index is 12.4. The Bertz CT molecular complexity index is 259. The predicted molar refractivity (Wildman–Crippen MR) is 37.5 cm³/mol. The molecule has 1 aromatic heterocycles. The van der Waals surface area contributed by atoms with Crippen LogP contribution >= 0.6 is 0 Å². The highest BCUT2D eigenvalue weighted by atomic mass is 19.1. The third-order valence-corrected chi connectivity index (χ3v) is 1.75. The summed E-state index contributed by atoms with van der Waals surface area (Å²) in [6, 6.07) is 3.06. The van der Waals surface area contributed by atoms with Gasteiger partial charge in [0.15, 0.2) is 0 Å². The minimum atomic E-state index is -0.304. The molecule has 1 saturated heterocycles. The van der Waals surface area contributed by atoms with Gasteiger partial charge in [-0.2, -0.15) is 0 Å². The van der Waals surface area contributed by atoms with Crippen molar-refractivity contribution >= 4 is 0 Å². The number of hydrogen-bond acceptors (Lipinski definition) is 2. The monoisotopic (exact) mass is 153 g/mol. The summed E-state index contributed by atoms with van der Waals surface area (Å²) in [7, 11) is 0. The maximum absolute atomic E-state index is 12.4. The second-order valence-electron chi connectivity index (χ2n) is 2.66. The third kappa shape index (κ3) is 1.24. The van der Waals surface area contributed by atoms with Crippen molar-refractivity contribution in [3.8, 4) is 0 Å². The van der Waals surface area contributed by atoms with E-state index in [1.807, 2.05) is 6.92 Å². The van der Waals surface area contributed by atoms with Crippen molar-refractivity contribution in [1.82, 2.24) is 4.98 Å². The number of rotatable bonds is 1. The van der Waals surface area contributed by atoms with E-state index in [4.69, 9.17) is 4.74 Å². The van der Waals surface area contributed by atoms with Crippen LogP contribution in [0.5, 0.6) is 0 Å². The highest BCUT2D eigenvalue weighted by Crippen LogP contribution is 2.36. The van der Waals surface area contributed by atoms with Crippen LogP contribution in [-0.2, 0) is 4.74 Å². The molecular weight excluding hydrogens is 145 g/mol. The van der Waals surface area contributed by atoms with Gasteiger partial charge in [0, 0.05) is 0 Å². The molecule has 2 rings (SSSR count). The van der Waals surface area contributed by atoms with E-state index >= 15 is 0 Å². The van der Waals surface area contributed by atoms with Gasteiger partial charge in [-0.05, 0) is 19.1 Å². The number of aromatic nitrogens is 1. The molecule has 0 saturated carbocycles. The number of epoxide rings is 1. The Morgan fingerprint density at radius 1 is 1.55 bits per heavy atom. The number of nitrogens with zero attached hydrogens (tertiary/aromatic N) is 1. The Morgan fingerprint density at radius 3 is 2.73 bits per heavy atom. The van der Waals surface area contributed by atoms with Crippen molar-refractivity contribution < 1.29 is 9.13 Å². The van der Waals surface area contributed by atoms with Gasteiger partial charge in [-0.1, -0.05) is 0 Å². The molecule has 1 aromatic rings. The van der Waals surface area contributed by atoms with E-state index in [1.165, 1.54) is 12.3 Å². The van der Waals surface area contributed by atoms with E-state index in [2.05, 4.69) is 4.98 Å². The van der Waals surface area contributed by atoms with E-state index < -0.39 is 0 Å². The first kappa shape index (κ1) is 6.73. The van der Waals surface area contributed by atoms with Gasteiger partial charge in [0.25, 0.3) is 0 Å². The first-order valence-electron chi connectivity index (χ1n) is 3.54. The molecule has 1 aliphatic heterocycles. The van der Waals surface area contributed by atoms with E-state index in [1.54, 1.807) is 6.07 Å². The van der Waals surface area contributed by atoms with Crippen LogP contribution < -0.4 is 0 Å². The molecule has 2 nitrogen and oxygen atoms in total. The lowest BCUT2D eigenvalue weighted by Gasteiger charge is -1.92. The fraction of sp³-hybridized carbons (Fsp3) is 0.375. The highest BCUT2D eigenvalue weighted by molar-refractivity contribution is 5.13. The van der Waals surface area contributed by atoms with Gasteiger partial charge < -0.3 is 4.74 Å². The Morgan fingerprint density at radius 2 is 2.27 bits per heavy atom. The zero-order valence-corrected chi connectivity index (χ0v) is 6.12. The average molecular weight is 153 g/mol. The smallest absolute Gasteiger partial charge is 0.141 e. The predicted octanol–water partition coefficient (Wildman–Crippen LogP) is 1.68. The SMILES string of the molecule is CC1OC1c1ccc(F)cn1. The van der Waals surface area contributed by atoms with Gasteiger partial charge in [0.2, 0.25) is 0 Å². The maximum Gasteiger partial charge on any atom is 0.141 e. The van der Waals surface area contributed by atoms with Crippen molar-refractivity contribution in [2.45, 2.75) is 19.1 Å². The molecule has 3 heteroatoms. The third-order valence-electron chi connectivity index (χ3n) is 1.75. The van der Waals surface area contributed by atoms with Crippen LogP contribution in [0.1, 0.15) is 18.7 Å². The van der Waals surface area contributed by atoms with Crippen LogP contribution in [0.15, 0.2) is 18.3 Å². The van der Waals surface area contributed by atoms with Crippen molar-refractivity contribution in [1.29, 1.82) is 0 Å². The highest BCUT2D eigenvalue weighted by Gasteiger charge is 2.36. The second-order valence-corrected chi connectivity index (χ2v) is 2.66. The van der Waals surface area contributed by atoms with Crippen LogP contribution in [0.4, 0.5) is 4.39 Å². The molecule has 11 heavy (non-hydrogen) atoms. The first-order chi connectivity index (χ1) is 5.27. The topological polar surface area (TPSA) is 25.4 Å². The molecule has 0 aromatic carbocycles. The fourth-order valence-electron chi connectivity index (χ4n) is 1.05. The normalized spacial score (nSPS) is 28.5. The van der Waals surface area contributed by atoms with Crippen LogP contribution in [0.3, 0.4) is 0 Å². The zero-order valence-electron chi connectivity index (χ0n) is 6.12. The summed E-state index contributed by atoms with van der Waals surface area (Å²) < 4.78 is 17.5. The van der Waals surface area contributed by atoms with E-state index in [0.717, 1.165) is 5.69 Å². The van der Waals surface area contributed by atoms with Gasteiger partial charge in [-0.3, -0.25) is 4.98 Å². The molecule has 2 atom stereocenters. The van der Waals surface area contributed by atoms with Gasteiger partial charge in [-0.25, -0.2) is 4.39 Å². The molecule has 0 amide bonds. The molecule has 0 spiro atoms. The lowest BCUT2D eigenvalue weighted by atomic mass is 10.2. The van der Waals surface area contributed by atoms with Crippen LogP contribution in [-0.4, -0.2) is 11.1 Å². The van der Waals surface area contributed by atoms with Gasteiger partial charge in [0.1, 0.15) is 11.9 Å². The standard InChI is InChI=1S/C8H8FNO/c1-5-8(11-5)7-3-2-6(9)4-10-7/h2-5,8H,1H3. The minimum Gasteiger partial charge on any atom is -0.363 e. The summed E-state index contributed by atoms with van der Waals surface area (Å²) in [5.74, 6) is -0.304. The van der Waals surface area contributed by atoms with Crippen molar-refractivity contribution in [3.05, 3.63) is 29.8 Å². The number of ether oxygens (including phenoxy) is 1. The van der Waals surface area contributed by atoms with Crippen molar-refractivity contribution in [3.63, 3.8) is 0 Å². The summed E-state index contributed by atoms with van der Waals surface area (Å²) in [6.07, 6.45) is 1.55. The molecule has 58 valence electrons. The first-order valence-corrected chi connectivity index (χ1v) is 3.54. The summed E-state index contributed by atoms with van der Waals surface area (Å²) in [5, 5.41) is 0. The van der Waals surface area contributed by atoms with E-state index in [9.17, 15) is 4.39 Å². The lowest BCUT2D eigenvalue weighted by molar-refractivity contribution is 0.380. The van der Waals surface area contributed by atoms with Crippen LogP contribution in [0.25, 0.3) is 0 Å². The van der Waals surface area contributed by atoms with E-state index in [0.29, 0.717) is 0 Å². The lowest BCUT2D eigenvalue weighted by Crippen LogP contribution is -1.88. The molecule has 2 unspecified atom stereocenters. The number of hydrogen-bond donors (Lipinski definition) is 0. The van der Waals surface area contributed by atoms with Crippen molar-refractivity contribution in [2.24, 2.45) is 0 Å². The average Bonchev–Trinajstić information content (AvgIpc) is 2.69. The molecule has 2 heterocycles. The Hall–Kier alpha value is -0.960. The minimum absolute atomic E-state index is 0.0931. The molecule has 0 N–H and O–H groups in total. The van der Waals surface area contributed by atoms with E-state index in [-0.39, 0.29) is 18.0 Å². The summed E-state index contributed by atoms with van der Waals surface area (Å²) in [6.45, 7) is 1.97. The van der Waals surface area contributed by atoms with Gasteiger partial charge >= 0.3 is 0 Å². The second kappa shape index (κ2) is 2.27. The molecule has 0 radical (unpaired) electrons. The Labute approximate surface area is 64.0 Å². The Kier molecular flexibility index (Phi) is 1.39. The molecule has 0 aliphatic carbocycles. The summed E-state index contributed by atoms with van der Waals surface area (Å²) in [5.41, 5.74) is 0.818. The Balaban J connectivity index is 2.21. The van der Waals surface area contributed by atoms with Gasteiger partial charge in [-0.15, -0.1) is 0 Å². The van der Waals surface area contributed by atoms with Crippen LogP contribution in [0.2, 0.25) is 0 Å². The van der Waals surface area contributed by atoms with Crippen LogP contribution in [0, 0.1) is 5.82 Å².